The van der Waals surface area contributed by atoms with Gasteiger partial charge in [-0.3, -0.25) is 9.59 Å². The molecule has 19 heavy (non-hydrogen) atoms. The predicted molar refractivity (Wildman–Crippen MR) is 66.4 cm³/mol. The lowest BCUT2D eigenvalue weighted by molar-refractivity contribution is -0.137. The van der Waals surface area contributed by atoms with Gasteiger partial charge in [-0.05, 0) is 25.0 Å². The van der Waals surface area contributed by atoms with Crippen LogP contribution in [-0.2, 0) is 9.59 Å². The molecule has 1 rings (SSSR count). The fourth-order valence-electron chi connectivity index (χ4n) is 1.39. The van der Waals surface area contributed by atoms with Gasteiger partial charge in [0.05, 0.1) is 0 Å². The molecule has 0 spiro atoms. The highest BCUT2D eigenvalue weighted by molar-refractivity contribution is 5.77. The highest BCUT2D eigenvalue weighted by Crippen LogP contribution is 2.14. The van der Waals surface area contributed by atoms with Crippen LogP contribution in [0.5, 0.6) is 5.75 Å². The van der Waals surface area contributed by atoms with Gasteiger partial charge >= 0.3 is 5.97 Å². The van der Waals surface area contributed by atoms with Crippen molar-refractivity contribution >= 4 is 11.9 Å². The zero-order chi connectivity index (χ0) is 14.1. The molecule has 0 aliphatic carbocycles. The summed E-state index contributed by atoms with van der Waals surface area (Å²) in [4.78, 5) is 21.6. The number of nitrogens with one attached hydrogen (secondary N) is 1. The van der Waals surface area contributed by atoms with Crippen molar-refractivity contribution in [3.8, 4) is 5.75 Å². The van der Waals surface area contributed by atoms with Crippen molar-refractivity contribution < 1.29 is 23.8 Å². The van der Waals surface area contributed by atoms with Crippen molar-refractivity contribution in [3.63, 3.8) is 0 Å². The van der Waals surface area contributed by atoms with Crippen LogP contribution in [0, 0.1) is 5.82 Å². The lowest BCUT2D eigenvalue weighted by Gasteiger charge is -2.07. The molecule has 6 heteroatoms. The number of unbranched alkanes of at least 4 members (excludes halogenated alkanes) is 1. The Bertz CT molecular complexity index is 436. The van der Waals surface area contributed by atoms with Gasteiger partial charge in [-0.15, -0.1) is 0 Å². The molecular formula is C13H16FNO4. The molecule has 0 heterocycles. The summed E-state index contributed by atoms with van der Waals surface area (Å²) in [6.07, 6.45) is 1.17. The Labute approximate surface area is 110 Å². The number of hydrogen-bond acceptors (Lipinski definition) is 3. The first-order valence-corrected chi connectivity index (χ1v) is 5.95. The summed E-state index contributed by atoms with van der Waals surface area (Å²) in [7, 11) is 0. The molecule has 0 fully saturated rings. The maximum absolute atomic E-state index is 13.2. The second-order valence-corrected chi connectivity index (χ2v) is 3.92. The Balaban J connectivity index is 2.15. The van der Waals surface area contributed by atoms with E-state index in [-0.39, 0.29) is 24.7 Å². The number of para-hydroxylation sites is 1. The fraction of sp³-hybridized carbons (Fsp3) is 0.385. The molecule has 0 aromatic heterocycles. The van der Waals surface area contributed by atoms with Crippen LogP contribution in [0.2, 0.25) is 0 Å². The second kappa shape index (κ2) is 8.07. The Kier molecular flexibility index (Phi) is 6.35. The molecule has 0 bridgehead atoms. The van der Waals surface area contributed by atoms with Gasteiger partial charge in [0, 0.05) is 13.0 Å². The number of rotatable bonds is 8. The Morgan fingerprint density at radius 2 is 2.00 bits per heavy atom. The Morgan fingerprint density at radius 3 is 2.68 bits per heavy atom. The van der Waals surface area contributed by atoms with Gasteiger partial charge in [-0.25, -0.2) is 4.39 Å². The van der Waals surface area contributed by atoms with Crippen molar-refractivity contribution in [1.29, 1.82) is 0 Å². The van der Waals surface area contributed by atoms with Crippen molar-refractivity contribution in [2.24, 2.45) is 0 Å². The molecule has 0 saturated carbocycles. The number of ether oxygens (including phenoxy) is 1. The van der Waals surface area contributed by atoms with Crippen LogP contribution >= 0.6 is 0 Å². The lowest BCUT2D eigenvalue weighted by atomic mass is 10.2. The first-order chi connectivity index (χ1) is 9.09. The van der Waals surface area contributed by atoms with E-state index in [1.54, 1.807) is 6.07 Å². The summed E-state index contributed by atoms with van der Waals surface area (Å²) in [5.41, 5.74) is 0. The standard InChI is InChI=1S/C13H16FNO4/c14-10-5-1-2-6-11(10)19-9-12(16)15-8-4-3-7-13(17)18/h1-2,5-6H,3-4,7-9H2,(H,15,16)(H,17,18). The highest BCUT2D eigenvalue weighted by atomic mass is 19.1. The van der Waals surface area contributed by atoms with E-state index in [0.717, 1.165) is 0 Å². The maximum atomic E-state index is 13.2. The van der Waals surface area contributed by atoms with Gasteiger partial charge in [0.1, 0.15) is 0 Å². The van der Waals surface area contributed by atoms with Gasteiger partial charge in [-0.1, -0.05) is 12.1 Å². The molecular weight excluding hydrogens is 253 g/mol. The average Bonchev–Trinajstić information content (AvgIpc) is 2.37. The second-order valence-electron chi connectivity index (χ2n) is 3.92. The summed E-state index contributed by atoms with van der Waals surface area (Å²) in [6.45, 7) is 0.118. The van der Waals surface area contributed by atoms with Gasteiger partial charge in [0.2, 0.25) is 0 Å². The molecule has 5 nitrogen and oxygen atoms in total. The molecule has 104 valence electrons. The zero-order valence-corrected chi connectivity index (χ0v) is 10.4. The normalized spacial score (nSPS) is 9.95. The predicted octanol–water partition coefficient (Wildman–Crippen LogP) is 1.58. The third-order valence-electron chi connectivity index (χ3n) is 2.34. The van der Waals surface area contributed by atoms with Crippen LogP contribution < -0.4 is 10.1 Å². The number of carboxylic acids is 1. The molecule has 0 unspecified atom stereocenters. The number of benzene rings is 1. The molecule has 0 radical (unpaired) electrons. The van der Waals surface area contributed by atoms with Crippen LogP contribution in [-0.4, -0.2) is 30.1 Å². The largest absolute Gasteiger partial charge is 0.481 e. The summed E-state index contributed by atoms with van der Waals surface area (Å²) in [5, 5.41) is 11.0. The first-order valence-electron chi connectivity index (χ1n) is 5.95. The van der Waals surface area contributed by atoms with E-state index in [4.69, 9.17) is 9.84 Å². The first kappa shape index (κ1) is 14.9. The minimum Gasteiger partial charge on any atom is -0.481 e. The Morgan fingerprint density at radius 1 is 1.26 bits per heavy atom. The number of halogens is 1. The minimum absolute atomic E-state index is 0.0310. The number of aliphatic carboxylic acids is 1. The highest BCUT2D eigenvalue weighted by Gasteiger charge is 2.05. The van der Waals surface area contributed by atoms with E-state index < -0.39 is 11.8 Å². The van der Waals surface area contributed by atoms with E-state index in [2.05, 4.69) is 5.32 Å². The number of carbonyl (C=O) groups excluding carboxylic acids is 1. The van der Waals surface area contributed by atoms with Gasteiger partial charge in [-0.2, -0.15) is 0 Å². The molecule has 0 aliphatic rings. The van der Waals surface area contributed by atoms with Crippen molar-refractivity contribution in [2.45, 2.75) is 19.3 Å². The maximum Gasteiger partial charge on any atom is 0.303 e. The molecule has 0 aliphatic heterocycles. The zero-order valence-electron chi connectivity index (χ0n) is 10.4. The van der Waals surface area contributed by atoms with E-state index in [1.807, 2.05) is 0 Å². The minimum atomic E-state index is -0.853. The molecule has 1 aromatic carbocycles. The number of carboxylic acid groups (broad SMARTS) is 1. The summed E-state index contributed by atoms with van der Waals surface area (Å²) in [5.74, 6) is -1.70. The molecule has 0 saturated heterocycles. The quantitative estimate of drug-likeness (QED) is 0.702. The monoisotopic (exact) mass is 269 g/mol. The van der Waals surface area contributed by atoms with Crippen molar-refractivity contribution in [3.05, 3.63) is 30.1 Å². The summed E-state index contributed by atoms with van der Waals surface area (Å²) in [6, 6.07) is 5.83. The topological polar surface area (TPSA) is 75.6 Å². The SMILES string of the molecule is O=C(O)CCCCNC(=O)COc1ccccc1F. The third-order valence-corrected chi connectivity index (χ3v) is 2.34. The Hall–Kier alpha value is -2.11. The molecule has 1 amide bonds. The lowest BCUT2D eigenvalue weighted by Crippen LogP contribution is -2.29. The van der Waals surface area contributed by atoms with Gasteiger partial charge in [0.25, 0.3) is 5.91 Å². The third kappa shape index (κ3) is 6.40. The van der Waals surface area contributed by atoms with E-state index in [0.29, 0.717) is 19.4 Å². The summed E-state index contributed by atoms with van der Waals surface area (Å²) >= 11 is 0. The van der Waals surface area contributed by atoms with Gasteiger partial charge < -0.3 is 15.2 Å². The van der Waals surface area contributed by atoms with Crippen LogP contribution in [0.15, 0.2) is 24.3 Å². The van der Waals surface area contributed by atoms with E-state index in [1.165, 1.54) is 18.2 Å². The number of hydrogen-bond donors (Lipinski definition) is 2. The molecule has 1 aromatic rings. The number of amides is 1. The van der Waals surface area contributed by atoms with Crippen LogP contribution in [0.1, 0.15) is 19.3 Å². The number of carbonyl (C=O) groups is 2. The van der Waals surface area contributed by atoms with Crippen LogP contribution in [0.3, 0.4) is 0 Å². The van der Waals surface area contributed by atoms with Crippen molar-refractivity contribution in [2.75, 3.05) is 13.2 Å². The molecule has 0 atom stereocenters. The smallest absolute Gasteiger partial charge is 0.303 e. The average molecular weight is 269 g/mol. The molecule has 2 N–H and O–H groups in total. The van der Waals surface area contributed by atoms with Gasteiger partial charge in [0.15, 0.2) is 18.2 Å². The van der Waals surface area contributed by atoms with Crippen molar-refractivity contribution in [1.82, 2.24) is 5.32 Å². The van der Waals surface area contributed by atoms with Crippen LogP contribution in [0.4, 0.5) is 4.39 Å². The van der Waals surface area contributed by atoms with E-state index >= 15 is 0 Å². The van der Waals surface area contributed by atoms with E-state index in [9.17, 15) is 14.0 Å². The summed E-state index contributed by atoms with van der Waals surface area (Å²) < 4.78 is 18.2. The van der Waals surface area contributed by atoms with Crippen LogP contribution in [0.25, 0.3) is 0 Å². The fourth-order valence-corrected chi connectivity index (χ4v) is 1.39.